The van der Waals surface area contributed by atoms with E-state index in [2.05, 4.69) is 32.0 Å². The first-order valence-corrected chi connectivity index (χ1v) is 7.85. The molecule has 0 unspecified atom stereocenters. The fraction of sp³-hybridized carbons (Fsp3) is 0.278. The highest BCUT2D eigenvalue weighted by atomic mass is 16.1. The highest BCUT2D eigenvalue weighted by Gasteiger charge is 2.20. The van der Waals surface area contributed by atoms with Crippen LogP contribution in [0.1, 0.15) is 28.5 Å². The van der Waals surface area contributed by atoms with Gasteiger partial charge in [0.2, 0.25) is 5.78 Å². The van der Waals surface area contributed by atoms with E-state index in [-0.39, 0.29) is 11.6 Å². The zero-order chi connectivity index (χ0) is 16.9. The Morgan fingerprint density at radius 2 is 2.08 bits per heavy atom. The molecular weight excluding hydrogens is 302 g/mol. The molecule has 2 aromatic rings. The zero-order valence-electron chi connectivity index (χ0n) is 13.5. The summed E-state index contributed by atoms with van der Waals surface area (Å²) < 4.78 is 0. The van der Waals surface area contributed by atoms with Crippen molar-refractivity contribution in [2.45, 2.75) is 6.92 Å². The summed E-state index contributed by atoms with van der Waals surface area (Å²) >= 11 is 0. The topological polar surface area (TPSA) is 84.1 Å². The second-order valence-corrected chi connectivity index (χ2v) is 5.44. The van der Waals surface area contributed by atoms with Gasteiger partial charge in [-0.1, -0.05) is 5.92 Å². The Bertz CT molecular complexity index is 816. The summed E-state index contributed by atoms with van der Waals surface area (Å²) in [5.41, 5.74) is 7.12. The van der Waals surface area contributed by atoms with E-state index in [0.29, 0.717) is 16.8 Å². The molecule has 0 aromatic carbocycles. The number of carbonyl (C=O) groups excluding carboxylic acids is 1. The molecule has 6 heteroatoms. The van der Waals surface area contributed by atoms with E-state index in [4.69, 9.17) is 5.73 Å². The second-order valence-electron chi connectivity index (χ2n) is 5.44. The van der Waals surface area contributed by atoms with Gasteiger partial charge in [-0.15, -0.1) is 5.92 Å². The van der Waals surface area contributed by atoms with Crippen molar-refractivity contribution in [1.82, 2.24) is 15.3 Å². The Kier molecular flexibility index (Phi) is 4.73. The molecule has 122 valence electrons. The van der Waals surface area contributed by atoms with Gasteiger partial charge in [0, 0.05) is 32.4 Å². The molecule has 2 aromatic heterocycles. The van der Waals surface area contributed by atoms with Crippen LogP contribution in [0, 0.1) is 11.8 Å². The Labute approximate surface area is 141 Å². The maximum absolute atomic E-state index is 12.9. The molecule has 24 heavy (non-hydrogen) atoms. The van der Waals surface area contributed by atoms with Gasteiger partial charge in [-0.2, -0.15) is 0 Å². The summed E-state index contributed by atoms with van der Waals surface area (Å²) in [6.07, 6.45) is 1.56. The Morgan fingerprint density at radius 3 is 2.79 bits per heavy atom. The number of nitrogens with zero attached hydrogens (tertiary/aromatic N) is 3. The molecule has 1 aliphatic rings. The van der Waals surface area contributed by atoms with Gasteiger partial charge in [0.25, 0.3) is 0 Å². The highest BCUT2D eigenvalue weighted by molar-refractivity contribution is 6.11. The quantitative estimate of drug-likeness (QED) is 0.650. The van der Waals surface area contributed by atoms with Gasteiger partial charge in [-0.3, -0.25) is 4.79 Å². The van der Waals surface area contributed by atoms with Crippen LogP contribution in [-0.2, 0) is 0 Å². The number of hydrogen-bond donors (Lipinski definition) is 2. The van der Waals surface area contributed by atoms with E-state index in [1.807, 2.05) is 12.1 Å². The first-order valence-electron chi connectivity index (χ1n) is 7.85. The van der Waals surface area contributed by atoms with E-state index in [1.54, 1.807) is 25.3 Å². The average Bonchev–Trinajstić information content (AvgIpc) is 2.63. The molecule has 3 rings (SSSR count). The summed E-state index contributed by atoms with van der Waals surface area (Å²) in [5, 5.41) is 3.30. The molecule has 3 heterocycles. The monoisotopic (exact) mass is 321 g/mol. The van der Waals surface area contributed by atoms with Crippen LogP contribution in [0.25, 0.3) is 0 Å². The number of nitrogen functional groups attached to an aromatic ring is 1. The molecule has 0 saturated carbocycles. The van der Waals surface area contributed by atoms with Gasteiger partial charge in [0.1, 0.15) is 17.3 Å². The van der Waals surface area contributed by atoms with Crippen LogP contribution in [0.5, 0.6) is 0 Å². The van der Waals surface area contributed by atoms with Crippen molar-refractivity contribution in [2.75, 3.05) is 36.8 Å². The van der Waals surface area contributed by atoms with Gasteiger partial charge in [-0.25, -0.2) is 9.97 Å². The lowest BCUT2D eigenvalue weighted by atomic mass is 10.0. The molecule has 1 saturated heterocycles. The summed E-state index contributed by atoms with van der Waals surface area (Å²) in [6.45, 7) is 5.24. The maximum Gasteiger partial charge on any atom is 0.216 e. The van der Waals surface area contributed by atoms with Gasteiger partial charge in [0.15, 0.2) is 0 Å². The predicted octanol–water partition coefficient (Wildman–Crippen LogP) is 1.07. The summed E-state index contributed by atoms with van der Waals surface area (Å²) in [5.74, 6) is 6.51. The fourth-order valence-electron chi connectivity index (χ4n) is 2.66. The van der Waals surface area contributed by atoms with Gasteiger partial charge in [0.05, 0.1) is 11.1 Å². The van der Waals surface area contributed by atoms with Crippen molar-refractivity contribution >= 4 is 17.4 Å². The Hall–Kier alpha value is -2.91. The second kappa shape index (κ2) is 7.11. The lowest BCUT2D eigenvalue weighted by Gasteiger charge is -2.28. The van der Waals surface area contributed by atoms with Gasteiger partial charge in [-0.05, 0) is 31.2 Å². The molecule has 1 aliphatic heterocycles. The Morgan fingerprint density at radius 1 is 1.29 bits per heavy atom. The van der Waals surface area contributed by atoms with E-state index in [9.17, 15) is 4.79 Å². The maximum atomic E-state index is 12.9. The fourth-order valence-corrected chi connectivity index (χ4v) is 2.66. The third kappa shape index (κ3) is 3.21. The van der Waals surface area contributed by atoms with Crippen molar-refractivity contribution in [3.63, 3.8) is 0 Å². The number of rotatable bonds is 3. The molecule has 0 aliphatic carbocycles. The van der Waals surface area contributed by atoms with Crippen molar-refractivity contribution in [2.24, 2.45) is 0 Å². The summed E-state index contributed by atoms with van der Waals surface area (Å²) in [6, 6.07) is 7.11. The van der Waals surface area contributed by atoms with E-state index < -0.39 is 0 Å². The lowest BCUT2D eigenvalue weighted by molar-refractivity contribution is 0.103. The SMILES string of the molecule is CC#Cc1ccc(N2CCNCC2)nc1C(=O)c1cccnc1N. The number of carbonyl (C=O) groups is 1. The Balaban J connectivity index is 2.04. The third-order valence-corrected chi connectivity index (χ3v) is 3.88. The van der Waals surface area contributed by atoms with Crippen LogP contribution >= 0.6 is 0 Å². The van der Waals surface area contributed by atoms with E-state index in [1.165, 1.54) is 0 Å². The number of nitrogens with one attached hydrogen (secondary N) is 1. The largest absolute Gasteiger partial charge is 0.383 e. The molecule has 0 radical (unpaired) electrons. The van der Waals surface area contributed by atoms with Crippen molar-refractivity contribution < 1.29 is 4.79 Å². The molecule has 1 fully saturated rings. The molecule has 0 bridgehead atoms. The number of piperazine rings is 1. The first-order chi connectivity index (χ1) is 11.7. The minimum atomic E-state index is -0.254. The lowest BCUT2D eigenvalue weighted by Crippen LogP contribution is -2.44. The normalized spacial score (nSPS) is 14.0. The average molecular weight is 321 g/mol. The van der Waals surface area contributed by atoms with E-state index in [0.717, 1.165) is 32.0 Å². The number of nitrogens with two attached hydrogens (primary N) is 1. The van der Waals surface area contributed by atoms with Crippen molar-refractivity contribution in [1.29, 1.82) is 0 Å². The van der Waals surface area contributed by atoms with Crippen LogP contribution in [-0.4, -0.2) is 41.9 Å². The number of aromatic nitrogens is 2. The number of pyridine rings is 2. The summed E-state index contributed by atoms with van der Waals surface area (Å²) in [7, 11) is 0. The smallest absolute Gasteiger partial charge is 0.216 e. The molecule has 6 nitrogen and oxygen atoms in total. The molecule has 3 N–H and O–H groups in total. The zero-order valence-corrected chi connectivity index (χ0v) is 13.5. The van der Waals surface area contributed by atoms with Gasteiger partial charge < -0.3 is 16.0 Å². The number of ketones is 1. The van der Waals surface area contributed by atoms with E-state index >= 15 is 0 Å². The molecule has 0 amide bonds. The van der Waals surface area contributed by atoms with Crippen LogP contribution in [0.4, 0.5) is 11.6 Å². The standard InChI is InChI=1S/C18H19N5O/c1-2-4-13-6-7-15(23-11-9-20-10-12-23)22-16(13)17(24)14-5-3-8-21-18(14)19/h3,5-8,20H,9-12H2,1H3,(H2,19,21). The first kappa shape index (κ1) is 16.0. The van der Waals surface area contributed by atoms with Crippen molar-refractivity contribution in [3.05, 3.63) is 47.3 Å². The van der Waals surface area contributed by atoms with Crippen molar-refractivity contribution in [3.8, 4) is 11.8 Å². The number of hydrogen-bond acceptors (Lipinski definition) is 6. The van der Waals surface area contributed by atoms with Crippen LogP contribution in [0.2, 0.25) is 0 Å². The van der Waals surface area contributed by atoms with Crippen LogP contribution in [0.3, 0.4) is 0 Å². The molecule has 0 atom stereocenters. The van der Waals surface area contributed by atoms with Gasteiger partial charge >= 0.3 is 0 Å². The molecule has 0 spiro atoms. The minimum absolute atomic E-state index is 0.201. The minimum Gasteiger partial charge on any atom is -0.383 e. The summed E-state index contributed by atoms with van der Waals surface area (Å²) in [4.78, 5) is 23.7. The van der Waals surface area contributed by atoms with Crippen LogP contribution < -0.4 is 16.0 Å². The third-order valence-electron chi connectivity index (χ3n) is 3.88. The highest BCUT2D eigenvalue weighted by Crippen LogP contribution is 2.20. The molecular formula is C18H19N5O. The predicted molar refractivity (Wildman–Crippen MR) is 94.0 cm³/mol. The number of anilines is 2. The van der Waals surface area contributed by atoms with Crippen LogP contribution in [0.15, 0.2) is 30.5 Å².